The minimum atomic E-state index is -0.742. The van der Waals surface area contributed by atoms with Gasteiger partial charge in [-0.1, -0.05) is 60.7 Å². The van der Waals surface area contributed by atoms with Crippen molar-refractivity contribution in [3.8, 4) is 0 Å². The Balaban J connectivity index is 0.000000220. The first-order valence-corrected chi connectivity index (χ1v) is 7.21. The largest absolute Gasteiger partial charge is 0.445 e. The Bertz CT molecular complexity index is 514. The van der Waals surface area contributed by atoms with Crippen LogP contribution in [-0.4, -0.2) is 19.8 Å². The van der Waals surface area contributed by atoms with Gasteiger partial charge in [-0.15, -0.1) is 0 Å². The normalized spacial score (nSPS) is 9.50. The van der Waals surface area contributed by atoms with Crippen LogP contribution in [0.4, 0.5) is 4.79 Å². The second kappa shape index (κ2) is 11.3. The summed E-state index contributed by atoms with van der Waals surface area (Å²) in [7, 11) is 1.74. The second-order valence-electron chi connectivity index (χ2n) is 4.68. The molecule has 0 spiro atoms. The van der Waals surface area contributed by atoms with Gasteiger partial charge in [0, 0.05) is 13.7 Å². The monoisotopic (exact) mass is 301 g/mol. The number of nitrogens with two attached hydrogens (primary N) is 1. The molecule has 0 radical (unpaired) electrons. The van der Waals surface area contributed by atoms with Crippen molar-refractivity contribution in [3.05, 3.63) is 71.8 Å². The van der Waals surface area contributed by atoms with Crippen LogP contribution in [0.5, 0.6) is 0 Å². The highest BCUT2D eigenvalue weighted by atomic mass is 16.5. The molecule has 0 unspecified atom stereocenters. The highest BCUT2D eigenvalue weighted by Gasteiger charge is 1.93. The van der Waals surface area contributed by atoms with Gasteiger partial charge in [0.1, 0.15) is 6.61 Å². The van der Waals surface area contributed by atoms with Gasteiger partial charge in [-0.25, -0.2) is 4.79 Å². The SMILES string of the molecule is COCCCc1ccccc1.NC(=O)OCc1ccccc1. The van der Waals surface area contributed by atoms with Crippen LogP contribution >= 0.6 is 0 Å². The zero-order valence-electron chi connectivity index (χ0n) is 12.9. The van der Waals surface area contributed by atoms with Gasteiger partial charge in [0.05, 0.1) is 0 Å². The first-order chi connectivity index (χ1) is 10.7. The van der Waals surface area contributed by atoms with Crippen LogP contribution < -0.4 is 5.73 Å². The summed E-state index contributed by atoms with van der Waals surface area (Å²) in [6.45, 7) is 1.10. The summed E-state index contributed by atoms with van der Waals surface area (Å²) in [5, 5.41) is 0. The highest BCUT2D eigenvalue weighted by molar-refractivity contribution is 5.64. The summed E-state index contributed by atoms with van der Waals surface area (Å²) in [5.74, 6) is 0. The summed E-state index contributed by atoms with van der Waals surface area (Å²) >= 11 is 0. The van der Waals surface area contributed by atoms with E-state index >= 15 is 0 Å². The maximum Gasteiger partial charge on any atom is 0.404 e. The fraction of sp³-hybridized carbons (Fsp3) is 0.278. The molecule has 0 bridgehead atoms. The zero-order chi connectivity index (χ0) is 16.0. The van der Waals surface area contributed by atoms with Crippen LogP contribution in [0.2, 0.25) is 0 Å². The lowest BCUT2D eigenvalue weighted by Crippen LogP contribution is -2.12. The molecule has 0 saturated heterocycles. The predicted octanol–water partition coefficient (Wildman–Crippen LogP) is 3.55. The topological polar surface area (TPSA) is 61.5 Å². The molecule has 1 amide bonds. The summed E-state index contributed by atoms with van der Waals surface area (Å²) in [6, 6.07) is 19.9. The summed E-state index contributed by atoms with van der Waals surface area (Å²) in [4.78, 5) is 10.2. The standard InChI is InChI=1S/C10H14O.C8H9NO2/c1-11-9-5-8-10-6-3-2-4-7-10;9-8(10)11-6-7-4-2-1-3-5-7/h2-4,6-7H,5,8-9H2,1H3;1-5H,6H2,(H2,9,10). The van der Waals surface area contributed by atoms with Crippen molar-refractivity contribution in [2.75, 3.05) is 13.7 Å². The minimum absolute atomic E-state index is 0.246. The Morgan fingerprint density at radius 2 is 1.50 bits per heavy atom. The number of rotatable bonds is 6. The van der Waals surface area contributed by atoms with Gasteiger partial charge in [-0.3, -0.25) is 0 Å². The number of primary amides is 1. The van der Waals surface area contributed by atoms with E-state index in [9.17, 15) is 4.79 Å². The van der Waals surface area contributed by atoms with E-state index in [-0.39, 0.29) is 6.61 Å². The molecule has 0 aromatic heterocycles. The van der Waals surface area contributed by atoms with E-state index in [1.54, 1.807) is 7.11 Å². The van der Waals surface area contributed by atoms with Crippen molar-refractivity contribution in [2.45, 2.75) is 19.4 Å². The Morgan fingerprint density at radius 3 is 2.00 bits per heavy atom. The van der Waals surface area contributed by atoms with E-state index in [1.165, 1.54) is 5.56 Å². The summed E-state index contributed by atoms with van der Waals surface area (Å²) in [5.41, 5.74) is 7.11. The fourth-order valence-electron chi connectivity index (χ4n) is 1.79. The average molecular weight is 301 g/mol. The maximum atomic E-state index is 10.2. The maximum absolute atomic E-state index is 10.2. The quantitative estimate of drug-likeness (QED) is 0.830. The molecule has 0 aliphatic rings. The molecule has 118 valence electrons. The molecular formula is C18H23NO3. The highest BCUT2D eigenvalue weighted by Crippen LogP contribution is 2.01. The average Bonchev–Trinajstić information content (AvgIpc) is 2.56. The molecular weight excluding hydrogens is 278 g/mol. The van der Waals surface area contributed by atoms with Gasteiger partial charge in [0.2, 0.25) is 0 Å². The molecule has 0 fully saturated rings. The van der Waals surface area contributed by atoms with E-state index in [0.717, 1.165) is 25.0 Å². The molecule has 2 aromatic carbocycles. The molecule has 4 heteroatoms. The van der Waals surface area contributed by atoms with Gasteiger partial charge in [0.15, 0.2) is 0 Å². The third-order valence-corrected chi connectivity index (χ3v) is 2.88. The predicted molar refractivity (Wildman–Crippen MR) is 87.5 cm³/mol. The van der Waals surface area contributed by atoms with E-state index in [2.05, 4.69) is 29.0 Å². The number of methoxy groups -OCH3 is 1. The Kier molecular flexibility index (Phi) is 9.14. The van der Waals surface area contributed by atoms with E-state index in [4.69, 9.17) is 10.5 Å². The van der Waals surface area contributed by atoms with Crippen LogP contribution in [0, 0.1) is 0 Å². The first kappa shape index (κ1) is 17.7. The minimum Gasteiger partial charge on any atom is -0.445 e. The van der Waals surface area contributed by atoms with Crippen LogP contribution in [0.25, 0.3) is 0 Å². The molecule has 2 N–H and O–H groups in total. The molecule has 0 aliphatic heterocycles. The summed E-state index contributed by atoms with van der Waals surface area (Å²) in [6.07, 6.45) is 1.49. The summed E-state index contributed by atoms with van der Waals surface area (Å²) < 4.78 is 9.53. The van der Waals surface area contributed by atoms with Gasteiger partial charge in [-0.2, -0.15) is 0 Å². The number of hydrogen-bond donors (Lipinski definition) is 1. The number of amides is 1. The third-order valence-electron chi connectivity index (χ3n) is 2.88. The van der Waals surface area contributed by atoms with Crippen molar-refractivity contribution in [3.63, 3.8) is 0 Å². The lowest BCUT2D eigenvalue weighted by atomic mass is 10.1. The van der Waals surface area contributed by atoms with Crippen LogP contribution in [0.15, 0.2) is 60.7 Å². The molecule has 0 saturated carbocycles. The molecule has 22 heavy (non-hydrogen) atoms. The second-order valence-corrected chi connectivity index (χ2v) is 4.68. The number of hydrogen-bond acceptors (Lipinski definition) is 3. The van der Waals surface area contributed by atoms with Crippen LogP contribution in [0.1, 0.15) is 17.5 Å². The van der Waals surface area contributed by atoms with Crippen LogP contribution in [0.3, 0.4) is 0 Å². The lowest BCUT2D eigenvalue weighted by molar-refractivity contribution is 0.150. The van der Waals surface area contributed by atoms with E-state index in [1.807, 2.05) is 36.4 Å². The number of carbonyl (C=O) groups is 1. The molecule has 0 aliphatic carbocycles. The smallest absolute Gasteiger partial charge is 0.404 e. The van der Waals surface area contributed by atoms with Gasteiger partial charge >= 0.3 is 6.09 Å². The van der Waals surface area contributed by atoms with Crippen molar-refractivity contribution >= 4 is 6.09 Å². The van der Waals surface area contributed by atoms with E-state index in [0.29, 0.717) is 0 Å². The first-order valence-electron chi connectivity index (χ1n) is 7.21. The molecule has 2 aromatic rings. The molecule has 4 nitrogen and oxygen atoms in total. The Morgan fingerprint density at radius 1 is 0.955 bits per heavy atom. The molecule has 2 rings (SSSR count). The number of aryl methyl sites for hydroxylation is 1. The van der Waals surface area contributed by atoms with E-state index < -0.39 is 6.09 Å². The number of benzene rings is 2. The van der Waals surface area contributed by atoms with Crippen molar-refractivity contribution in [1.29, 1.82) is 0 Å². The number of ether oxygens (including phenoxy) is 2. The van der Waals surface area contributed by atoms with Gasteiger partial charge in [-0.05, 0) is 24.0 Å². The van der Waals surface area contributed by atoms with Crippen molar-refractivity contribution in [1.82, 2.24) is 0 Å². The van der Waals surface area contributed by atoms with Gasteiger partial charge in [0.25, 0.3) is 0 Å². The lowest BCUT2D eigenvalue weighted by Gasteiger charge is -1.99. The third kappa shape index (κ3) is 8.76. The van der Waals surface area contributed by atoms with Crippen LogP contribution in [-0.2, 0) is 22.5 Å². The Labute approximate surface area is 131 Å². The molecule has 0 atom stereocenters. The zero-order valence-corrected chi connectivity index (χ0v) is 12.9. The Hall–Kier alpha value is -2.33. The van der Waals surface area contributed by atoms with Crippen molar-refractivity contribution in [2.24, 2.45) is 5.73 Å². The van der Waals surface area contributed by atoms with Gasteiger partial charge < -0.3 is 15.2 Å². The molecule has 0 heterocycles. The number of carbonyl (C=O) groups excluding carboxylic acids is 1. The fourth-order valence-corrected chi connectivity index (χ4v) is 1.79. The van der Waals surface area contributed by atoms with Crippen molar-refractivity contribution < 1.29 is 14.3 Å².